The maximum atomic E-state index is 4.48. The third-order valence-corrected chi connectivity index (χ3v) is 2.38. The highest BCUT2D eigenvalue weighted by atomic mass is 15.3. The number of hydrogen-bond donors (Lipinski definition) is 1. The number of aromatic nitrogens is 2. The Morgan fingerprint density at radius 3 is 2.54 bits per heavy atom. The van der Waals surface area contributed by atoms with Crippen LogP contribution >= 0.6 is 0 Å². The summed E-state index contributed by atoms with van der Waals surface area (Å²) < 4.78 is 1.96. The Morgan fingerprint density at radius 2 is 2.08 bits per heavy atom. The molecule has 0 fully saturated rings. The van der Waals surface area contributed by atoms with Gasteiger partial charge >= 0.3 is 0 Å². The third kappa shape index (κ3) is 1.91. The zero-order valence-corrected chi connectivity index (χ0v) is 9.18. The molecular weight excluding hydrogens is 162 g/mol. The highest BCUT2D eigenvalue weighted by molar-refractivity contribution is 5.28. The average Bonchev–Trinajstić information content (AvgIpc) is 2.28. The number of hydrogen-bond acceptors (Lipinski definition) is 2. The van der Waals surface area contributed by atoms with Crippen LogP contribution in [-0.2, 0) is 13.6 Å². The van der Waals surface area contributed by atoms with Crippen LogP contribution in [0.5, 0.6) is 0 Å². The summed E-state index contributed by atoms with van der Waals surface area (Å²) in [6.45, 7) is 7.41. The molecule has 0 unspecified atom stereocenters. The van der Waals surface area contributed by atoms with Crippen LogP contribution in [0.2, 0.25) is 0 Å². The van der Waals surface area contributed by atoms with Gasteiger partial charge in [0.2, 0.25) is 0 Å². The van der Waals surface area contributed by atoms with E-state index in [1.165, 1.54) is 17.0 Å². The first-order valence-corrected chi connectivity index (χ1v) is 4.74. The van der Waals surface area contributed by atoms with Crippen LogP contribution in [0.1, 0.15) is 36.7 Å². The monoisotopic (exact) mass is 181 g/mol. The van der Waals surface area contributed by atoms with Gasteiger partial charge in [0.05, 0.1) is 5.69 Å². The molecule has 0 saturated heterocycles. The van der Waals surface area contributed by atoms with Crippen molar-refractivity contribution in [3.63, 3.8) is 0 Å². The Balaban J connectivity index is 3.11. The summed E-state index contributed by atoms with van der Waals surface area (Å²) in [5.41, 5.74) is 3.84. The number of rotatable bonds is 3. The summed E-state index contributed by atoms with van der Waals surface area (Å²) in [5, 5.41) is 7.62. The molecule has 0 aromatic carbocycles. The maximum Gasteiger partial charge on any atom is 0.0799 e. The van der Waals surface area contributed by atoms with Gasteiger partial charge in [-0.3, -0.25) is 4.68 Å². The van der Waals surface area contributed by atoms with Crippen molar-refractivity contribution in [1.29, 1.82) is 0 Å². The Bertz CT molecular complexity index is 287. The molecule has 13 heavy (non-hydrogen) atoms. The van der Waals surface area contributed by atoms with Crippen molar-refractivity contribution < 1.29 is 0 Å². The number of aryl methyl sites for hydroxylation is 1. The molecule has 0 bridgehead atoms. The second-order valence-corrected chi connectivity index (χ2v) is 3.75. The molecule has 74 valence electrons. The van der Waals surface area contributed by atoms with Gasteiger partial charge < -0.3 is 5.32 Å². The van der Waals surface area contributed by atoms with E-state index in [2.05, 4.69) is 31.2 Å². The molecule has 1 aromatic heterocycles. The van der Waals surface area contributed by atoms with E-state index in [4.69, 9.17) is 0 Å². The number of nitrogens with zero attached hydrogens (tertiary/aromatic N) is 2. The van der Waals surface area contributed by atoms with Crippen molar-refractivity contribution >= 4 is 0 Å². The van der Waals surface area contributed by atoms with E-state index < -0.39 is 0 Å². The zero-order chi connectivity index (χ0) is 10.0. The Hall–Kier alpha value is -0.830. The smallest absolute Gasteiger partial charge is 0.0799 e. The van der Waals surface area contributed by atoms with Crippen LogP contribution in [-0.4, -0.2) is 16.8 Å². The summed E-state index contributed by atoms with van der Waals surface area (Å²) in [5.74, 6) is 0.553. The summed E-state index contributed by atoms with van der Waals surface area (Å²) in [4.78, 5) is 0. The van der Waals surface area contributed by atoms with Gasteiger partial charge in [0.15, 0.2) is 0 Å². The van der Waals surface area contributed by atoms with Crippen molar-refractivity contribution in [3.05, 3.63) is 17.0 Å². The highest BCUT2D eigenvalue weighted by Crippen LogP contribution is 2.22. The molecule has 0 radical (unpaired) electrons. The van der Waals surface area contributed by atoms with Gasteiger partial charge in [-0.15, -0.1) is 0 Å². The molecule has 1 rings (SSSR count). The molecule has 0 aliphatic rings. The van der Waals surface area contributed by atoms with E-state index in [1.807, 2.05) is 18.8 Å². The van der Waals surface area contributed by atoms with E-state index in [0.717, 1.165) is 6.54 Å². The lowest BCUT2D eigenvalue weighted by molar-refractivity contribution is 0.698. The predicted octanol–water partition coefficient (Wildman–Crippen LogP) is 1.57. The van der Waals surface area contributed by atoms with E-state index in [1.54, 1.807) is 0 Å². The molecule has 0 aliphatic heterocycles. The minimum Gasteiger partial charge on any atom is -0.314 e. The SMILES string of the molecule is CNCc1nn(C)c(C)c1C(C)C. The standard InChI is InChI=1S/C10H19N3/c1-7(2)10-8(3)13(5)12-9(10)6-11-4/h7,11H,6H2,1-5H3. The quantitative estimate of drug-likeness (QED) is 0.767. The van der Waals surface area contributed by atoms with Crippen molar-refractivity contribution in [3.8, 4) is 0 Å². The molecule has 0 saturated carbocycles. The van der Waals surface area contributed by atoms with Gasteiger partial charge in [-0.1, -0.05) is 13.8 Å². The van der Waals surface area contributed by atoms with Crippen LogP contribution in [0.25, 0.3) is 0 Å². The van der Waals surface area contributed by atoms with Crippen LogP contribution in [0.4, 0.5) is 0 Å². The minimum absolute atomic E-state index is 0.553. The van der Waals surface area contributed by atoms with Gasteiger partial charge in [-0.2, -0.15) is 5.10 Å². The second kappa shape index (κ2) is 3.92. The van der Waals surface area contributed by atoms with Crippen LogP contribution in [0, 0.1) is 6.92 Å². The van der Waals surface area contributed by atoms with Crippen molar-refractivity contribution in [2.24, 2.45) is 7.05 Å². The van der Waals surface area contributed by atoms with Crippen molar-refractivity contribution in [1.82, 2.24) is 15.1 Å². The minimum atomic E-state index is 0.553. The molecule has 3 nitrogen and oxygen atoms in total. The molecule has 3 heteroatoms. The molecule has 1 heterocycles. The second-order valence-electron chi connectivity index (χ2n) is 3.75. The first kappa shape index (κ1) is 10.3. The van der Waals surface area contributed by atoms with E-state index in [-0.39, 0.29) is 0 Å². The lowest BCUT2D eigenvalue weighted by Gasteiger charge is -2.06. The predicted molar refractivity (Wildman–Crippen MR) is 54.8 cm³/mol. The van der Waals surface area contributed by atoms with Gasteiger partial charge in [-0.05, 0) is 19.9 Å². The summed E-state index contributed by atoms with van der Waals surface area (Å²) >= 11 is 0. The highest BCUT2D eigenvalue weighted by Gasteiger charge is 2.14. The fourth-order valence-electron chi connectivity index (χ4n) is 1.74. The molecule has 0 amide bonds. The van der Waals surface area contributed by atoms with Crippen LogP contribution < -0.4 is 5.32 Å². The van der Waals surface area contributed by atoms with Gasteiger partial charge in [0, 0.05) is 24.8 Å². The Morgan fingerprint density at radius 1 is 1.46 bits per heavy atom. The molecular formula is C10H19N3. The van der Waals surface area contributed by atoms with Crippen molar-refractivity contribution in [2.45, 2.75) is 33.2 Å². The molecule has 1 aromatic rings. The summed E-state index contributed by atoms with van der Waals surface area (Å²) in [6, 6.07) is 0. The van der Waals surface area contributed by atoms with Gasteiger partial charge in [0.25, 0.3) is 0 Å². The normalized spacial score (nSPS) is 11.2. The van der Waals surface area contributed by atoms with E-state index >= 15 is 0 Å². The number of nitrogens with one attached hydrogen (secondary N) is 1. The fraction of sp³-hybridized carbons (Fsp3) is 0.700. The topological polar surface area (TPSA) is 29.9 Å². The van der Waals surface area contributed by atoms with Crippen LogP contribution in [0.3, 0.4) is 0 Å². The Labute approximate surface area is 80.1 Å². The van der Waals surface area contributed by atoms with E-state index in [9.17, 15) is 0 Å². The molecule has 1 N–H and O–H groups in total. The summed E-state index contributed by atoms with van der Waals surface area (Å²) in [7, 11) is 3.95. The molecule has 0 spiro atoms. The zero-order valence-electron chi connectivity index (χ0n) is 9.18. The largest absolute Gasteiger partial charge is 0.314 e. The molecule has 0 aliphatic carbocycles. The van der Waals surface area contributed by atoms with Gasteiger partial charge in [0.1, 0.15) is 0 Å². The first-order chi connectivity index (χ1) is 6.07. The van der Waals surface area contributed by atoms with Crippen molar-refractivity contribution in [2.75, 3.05) is 7.05 Å². The third-order valence-electron chi connectivity index (χ3n) is 2.38. The average molecular weight is 181 g/mol. The first-order valence-electron chi connectivity index (χ1n) is 4.74. The fourth-order valence-corrected chi connectivity index (χ4v) is 1.74. The maximum absolute atomic E-state index is 4.48. The summed E-state index contributed by atoms with van der Waals surface area (Å²) in [6.07, 6.45) is 0. The lowest BCUT2D eigenvalue weighted by atomic mass is 10.0. The van der Waals surface area contributed by atoms with Crippen LogP contribution in [0.15, 0.2) is 0 Å². The molecule has 0 atom stereocenters. The van der Waals surface area contributed by atoms with E-state index in [0.29, 0.717) is 5.92 Å². The van der Waals surface area contributed by atoms with Gasteiger partial charge in [-0.25, -0.2) is 0 Å². The lowest BCUT2D eigenvalue weighted by Crippen LogP contribution is -2.08. The Kier molecular flexibility index (Phi) is 3.09.